The Hall–Kier alpha value is -1.02. The number of para-hydroxylation sites is 1. The van der Waals surface area contributed by atoms with Crippen LogP contribution in [0.4, 0.5) is 0 Å². The second-order valence-corrected chi connectivity index (χ2v) is 5.92. The second-order valence-electron chi connectivity index (χ2n) is 5.92. The molecule has 1 saturated carbocycles. The maximum atomic E-state index is 6.30. The molecule has 2 atom stereocenters. The number of nitrogens with two attached hydrogens (primary N) is 1. The van der Waals surface area contributed by atoms with Crippen LogP contribution in [-0.2, 0) is 0 Å². The van der Waals surface area contributed by atoms with Crippen molar-refractivity contribution in [3.05, 3.63) is 29.8 Å². The highest BCUT2D eigenvalue weighted by atomic mass is 16.5. The Morgan fingerprint density at radius 3 is 2.71 bits per heavy atom. The highest BCUT2D eigenvalue weighted by Gasteiger charge is 2.34. The van der Waals surface area contributed by atoms with E-state index in [9.17, 15) is 0 Å². The normalized spacial score (nSPS) is 27.8. The molecule has 2 heteroatoms. The summed E-state index contributed by atoms with van der Waals surface area (Å²) in [5.74, 6) is 1.40. The lowest BCUT2D eigenvalue weighted by atomic mass is 9.68. The summed E-state index contributed by atoms with van der Waals surface area (Å²) in [6.45, 7) is 4.67. The number of rotatable bonds is 2. The van der Waals surface area contributed by atoms with Gasteiger partial charge in [0.1, 0.15) is 5.75 Å². The van der Waals surface area contributed by atoms with Crippen molar-refractivity contribution in [3.8, 4) is 5.75 Å². The van der Waals surface area contributed by atoms with Gasteiger partial charge in [0.05, 0.1) is 7.11 Å². The molecule has 2 unspecified atom stereocenters. The lowest BCUT2D eigenvalue weighted by Gasteiger charge is -2.39. The zero-order valence-corrected chi connectivity index (χ0v) is 11.1. The zero-order valence-electron chi connectivity index (χ0n) is 11.1. The summed E-state index contributed by atoms with van der Waals surface area (Å²) in [7, 11) is 1.73. The van der Waals surface area contributed by atoms with Crippen molar-refractivity contribution in [2.45, 2.75) is 45.1 Å². The summed E-state index contributed by atoms with van der Waals surface area (Å²) in [5, 5.41) is 0. The fourth-order valence-electron chi connectivity index (χ4n) is 2.92. The van der Waals surface area contributed by atoms with Gasteiger partial charge in [-0.1, -0.05) is 32.0 Å². The minimum absolute atomic E-state index is 0.263. The van der Waals surface area contributed by atoms with Gasteiger partial charge in [0.15, 0.2) is 0 Å². The van der Waals surface area contributed by atoms with Crippen LogP contribution in [-0.4, -0.2) is 13.2 Å². The molecular formula is C15H23NO. The molecule has 0 radical (unpaired) electrons. The number of methoxy groups -OCH3 is 1. The predicted molar refractivity (Wildman–Crippen MR) is 71.3 cm³/mol. The average molecular weight is 233 g/mol. The van der Waals surface area contributed by atoms with Gasteiger partial charge in [-0.05, 0) is 36.3 Å². The first kappa shape index (κ1) is 12.4. The number of benzene rings is 1. The number of hydrogen-bond acceptors (Lipinski definition) is 2. The molecule has 2 nitrogen and oxygen atoms in total. The molecule has 0 spiro atoms. The van der Waals surface area contributed by atoms with Gasteiger partial charge < -0.3 is 10.5 Å². The van der Waals surface area contributed by atoms with Crippen molar-refractivity contribution in [2.24, 2.45) is 11.1 Å². The van der Waals surface area contributed by atoms with E-state index in [4.69, 9.17) is 10.5 Å². The van der Waals surface area contributed by atoms with Crippen LogP contribution >= 0.6 is 0 Å². The van der Waals surface area contributed by atoms with E-state index < -0.39 is 0 Å². The minimum atomic E-state index is 0.263. The molecule has 0 amide bonds. The molecule has 94 valence electrons. The summed E-state index contributed by atoms with van der Waals surface area (Å²) in [4.78, 5) is 0. The Kier molecular flexibility index (Phi) is 3.43. The fourth-order valence-corrected chi connectivity index (χ4v) is 2.92. The van der Waals surface area contributed by atoms with E-state index in [0.29, 0.717) is 11.3 Å². The van der Waals surface area contributed by atoms with Crippen LogP contribution in [0, 0.1) is 5.41 Å². The van der Waals surface area contributed by atoms with Crippen LogP contribution in [0.2, 0.25) is 0 Å². The first-order chi connectivity index (χ1) is 8.03. The van der Waals surface area contributed by atoms with Gasteiger partial charge in [0, 0.05) is 12.0 Å². The maximum absolute atomic E-state index is 6.30. The quantitative estimate of drug-likeness (QED) is 0.850. The molecule has 1 aliphatic rings. The van der Waals surface area contributed by atoms with Crippen LogP contribution < -0.4 is 10.5 Å². The monoisotopic (exact) mass is 233 g/mol. The van der Waals surface area contributed by atoms with Gasteiger partial charge >= 0.3 is 0 Å². The van der Waals surface area contributed by atoms with Crippen molar-refractivity contribution in [1.29, 1.82) is 0 Å². The van der Waals surface area contributed by atoms with Gasteiger partial charge in [0.25, 0.3) is 0 Å². The standard InChI is InChI=1S/C15H23NO/c1-15(2)9-8-13(16)12(10-15)11-6-4-5-7-14(11)17-3/h4-7,12-13H,8-10,16H2,1-3H3. The largest absolute Gasteiger partial charge is 0.496 e. The van der Waals surface area contributed by atoms with Crippen LogP contribution in [0.5, 0.6) is 5.75 Å². The SMILES string of the molecule is COc1ccccc1C1CC(C)(C)CCC1N. The molecule has 1 aliphatic carbocycles. The van der Waals surface area contributed by atoms with Crippen molar-refractivity contribution < 1.29 is 4.74 Å². The van der Waals surface area contributed by atoms with Gasteiger partial charge in [0.2, 0.25) is 0 Å². The molecule has 0 heterocycles. The van der Waals surface area contributed by atoms with Crippen LogP contribution in [0.15, 0.2) is 24.3 Å². The third-order valence-electron chi connectivity index (χ3n) is 3.98. The lowest BCUT2D eigenvalue weighted by Crippen LogP contribution is -2.37. The molecule has 0 aliphatic heterocycles. The van der Waals surface area contributed by atoms with Crippen LogP contribution in [0.3, 0.4) is 0 Å². The van der Waals surface area contributed by atoms with E-state index in [1.54, 1.807) is 7.11 Å². The molecule has 0 saturated heterocycles. The maximum Gasteiger partial charge on any atom is 0.122 e. The summed E-state index contributed by atoms with van der Waals surface area (Å²) >= 11 is 0. The molecule has 1 aromatic carbocycles. The molecule has 2 rings (SSSR count). The summed E-state index contributed by atoms with van der Waals surface area (Å²) in [5.41, 5.74) is 7.96. The van der Waals surface area contributed by atoms with Gasteiger partial charge in [-0.15, -0.1) is 0 Å². The lowest BCUT2D eigenvalue weighted by molar-refractivity contribution is 0.196. The van der Waals surface area contributed by atoms with E-state index in [0.717, 1.165) is 18.6 Å². The smallest absolute Gasteiger partial charge is 0.122 e. The topological polar surface area (TPSA) is 35.2 Å². The highest BCUT2D eigenvalue weighted by molar-refractivity contribution is 5.37. The highest BCUT2D eigenvalue weighted by Crippen LogP contribution is 2.44. The number of hydrogen-bond donors (Lipinski definition) is 1. The third kappa shape index (κ3) is 2.63. The molecule has 1 aromatic rings. The minimum Gasteiger partial charge on any atom is -0.496 e. The van der Waals surface area contributed by atoms with Crippen LogP contribution in [0.25, 0.3) is 0 Å². The average Bonchev–Trinajstić information content (AvgIpc) is 2.32. The van der Waals surface area contributed by atoms with E-state index in [-0.39, 0.29) is 6.04 Å². The van der Waals surface area contributed by atoms with Crippen molar-refractivity contribution in [3.63, 3.8) is 0 Å². The van der Waals surface area contributed by atoms with Gasteiger partial charge in [-0.2, -0.15) is 0 Å². The van der Waals surface area contributed by atoms with E-state index in [1.807, 2.05) is 12.1 Å². The summed E-state index contributed by atoms with van der Waals surface area (Å²) < 4.78 is 5.46. The van der Waals surface area contributed by atoms with E-state index in [1.165, 1.54) is 12.0 Å². The predicted octanol–water partition coefficient (Wildman–Crippen LogP) is 3.32. The van der Waals surface area contributed by atoms with E-state index >= 15 is 0 Å². The molecule has 0 bridgehead atoms. The number of ether oxygens (including phenoxy) is 1. The second kappa shape index (κ2) is 4.69. The molecule has 0 aromatic heterocycles. The molecule has 1 fully saturated rings. The Balaban J connectivity index is 2.30. The molecule has 2 N–H and O–H groups in total. The first-order valence-electron chi connectivity index (χ1n) is 6.42. The van der Waals surface area contributed by atoms with Crippen molar-refractivity contribution in [2.75, 3.05) is 7.11 Å². The third-order valence-corrected chi connectivity index (χ3v) is 3.98. The zero-order chi connectivity index (χ0) is 12.5. The van der Waals surface area contributed by atoms with Crippen LogP contribution in [0.1, 0.15) is 44.6 Å². The molecule has 17 heavy (non-hydrogen) atoms. The van der Waals surface area contributed by atoms with Crippen molar-refractivity contribution in [1.82, 2.24) is 0 Å². The fraction of sp³-hybridized carbons (Fsp3) is 0.600. The Morgan fingerprint density at radius 2 is 2.00 bits per heavy atom. The Bertz CT molecular complexity index is 386. The molecular weight excluding hydrogens is 210 g/mol. The van der Waals surface area contributed by atoms with Gasteiger partial charge in [-0.3, -0.25) is 0 Å². The first-order valence-corrected chi connectivity index (χ1v) is 6.42. The van der Waals surface area contributed by atoms with Gasteiger partial charge in [-0.25, -0.2) is 0 Å². The Morgan fingerprint density at radius 1 is 1.29 bits per heavy atom. The van der Waals surface area contributed by atoms with E-state index in [2.05, 4.69) is 26.0 Å². The summed E-state index contributed by atoms with van der Waals surface area (Å²) in [6, 6.07) is 8.54. The summed E-state index contributed by atoms with van der Waals surface area (Å²) in [6.07, 6.45) is 3.48. The van der Waals surface area contributed by atoms with Crippen molar-refractivity contribution >= 4 is 0 Å². The Labute approximate surface area is 104 Å².